The molecule has 0 radical (unpaired) electrons. The monoisotopic (exact) mass is 345 g/mol. The van der Waals surface area contributed by atoms with Crippen LogP contribution in [0.1, 0.15) is 16.7 Å². The molecule has 24 heavy (non-hydrogen) atoms. The zero-order valence-corrected chi connectivity index (χ0v) is 14.6. The minimum absolute atomic E-state index is 0.0207. The molecule has 3 rings (SSSR count). The minimum atomic E-state index is -3.17. The Bertz CT molecular complexity index is 772. The van der Waals surface area contributed by atoms with Crippen molar-refractivity contribution in [2.45, 2.75) is 32.2 Å². The number of rotatable bonds is 5. The molecule has 1 aliphatic rings. The molecule has 0 aliphatic carbocycles. The van der Waals surface area contributed by atoms with Crippen LogP contribution in [-0.4, -0.2) is 42.1 Å². The van der Waals surface area contributed by atoms with Gasteiger partial charge in [-0.2, -0.15) is 0 Å². The summed E-state index contributed by atoms with van der Waals surface area (Å²) in [5.41, 5.74) is 3.42. The third-order valence-corrected chi connectivity index (χ3v) is 6.20. The van der Waals surface area contributed by atoms with Crippen molar-refractivity contribution in [2.24, 2.45) is 0 Å². The number of hydrogen-bond acceptors (Lipinski definition) is 4. The van der Waals surface area contributed by atoms with Crippen molar-refractivity contribution in [3.05, 3.63) is 71.3 Å². The Balaban J connectivity index is 1.84. The van der Waals surface area contributed by atoms with Crippen LogP contribution in [0.3, 0.4) is 0 Å². The maximum Gasteiger partial charge on any atom is 0.154 e. The highest BCUT2D eigenvalue weighted by atomic mass is 32.2. The SMILES string of the molecule is Cc1ccc(CN(Cc2ccccc2)[C@@H]2CS(=O)(=O)C[C@@H]2O)cc1. The van der Waals surface area contributed by atoms with E-state index < -0.39 is 15.9 Å². The smallest absolute Gasteiger partial charge is 0.154 e. The van der Waals surface area contributed by atoms with Gasteiger partial charge in [-0.1, -0.05) is 60.2 Å². The molecule has 0 bridgehead atoms. The average molecular weight is 345 g/mol. The minimum Gasteiger partial charge on any atom is -0.390 e. The van der Waals surface area contributed by atoms with Crippen LogP contribution >= 0.6 is 0 Å². The van der Waals surface area contributed by atoms with Crippen molar-refractivity contribution in [2.75, 3.05) is 11.5 Å². The molecule has 1 saturated heterocycles. The van der Waals surface area contributed by atoms with Gasteiger partial charge >= 0.3 is 0 Å². The fourth-order valence-corrected chi connectivity index (χ4v) is 5.03. The molecule has 1 aliphatic heterocycles. The lowest BCUT2D eigenvalue weighted by atomic mass is 10.1. The van der Waals surface area contributed by atoms with E-state index in [9.17, 15) is 13.5 Å². The largest absolute Gasteiger partial charge is 0.390 e. The van der Waals surface area contributed by atoms with Crippen molar-refractivity contribution in [1.82, 2.24) is 4.90 Å². The van der Waals surface area contributed by atoms with Crippen LogP contribution in [0.5, 0.6) is 0 Å². The van der Waals surface area contributed by atoms with Gasteiger partial charge in [0, 0.05) is 13.1 Å². The number of aliphatic hydroxyl groups is 1. The van der Waals surface area contributed by atoms with Crippen LogP contribution in [0.15, 0.2) is 54.6 Å². The summed E-state index contributed by atoms with van der Waals surface area (Å²) >= 11 is 0. The highest BCUT2D eigenvalue weighted by Gasteiger charge is 2.39. The van der Waals surface area contributed by atoms with Gasteiger partial charge in [-0.3, -0.25) is 4.90 Å². The summed E-state index contributed by atoms with van der Waals surface area (Å²) in [5, 5.41) is 10.3. The lowest BCUT2D eigenvalue weighted by Crippen LogP contribution is -2.42. The van der Waals surface area contributed by atoms with Gasteiger partial charge in [-0.15, -0.1) is 0 Å². The molecule has 2 aromatic rings. The molecule has 1 fully saturated rings. The molecule has 128 valence electrons. The third-order valence-electron chi connectivity index (χ3n) is 4.50. The predicted molar refractivity (Wildman–Crippen MR) is 95.3 cm³/mol. The normalized spacial score (nSPS) is 22.8. The first-order valence-electron chi connectivity index (χ1n) is 8.15. The van der Waals surface area contributed by atoms with Gasteiger partial charge in [0.05, 0.1) is 23.7 Å². The van der Waals surface area contributed by atoms with Crippen molar-refractivity contribution >= 4 is 9.84 Å². The molecule has 5 heteroatoms. The topological polar surface area (TPSA) is 57.6 Å². The maximum atomic E-state index is 11.9. The first-order chi connectivity index (χ1) is 11.4. The van der Waals surface area contributed by atoms with Gasteiger partial charge in [-0.05, 0) is 18.1 Å². The van der Waals surface area contributed by atoms with E-state index >= 15 is 0 Å². The summed E-state index contributed by atoms with van der Waals surface area (Å²) in [6, 6.07) is 17.8. The third kappa shape index (κ3) is 4.23. The molecular formula is C19H23NO3S. The Morgan fingerprint density at radius 1 is 0.958 bits per heavy atom. The second-order valence-corrected chi connectivity index (χ2v) is 8.74. The molecule has 0 saturated carbocycles. The summed E-state index contributed by atoms with van der Waals surface area (Å²) in [7, 11) is -3.17. The van der Waals surface area contributed by atoms with E-state index in [1.165, 1.54) is 5.56 Å². The molecule has 0 unspecified atom stereocenters. The van der Waals surface area contributed by atoms with Crippen molar-refractivity contribution < 1.29 is 13.5 Å². The van der Waals surface area contributed by atoms with Crippen LogP contribution in [0, 0.1) is 6.92 Å². The summed E-state index contributed by atoms with van der Waals surface area (Å²) in [6.07, 6.45) is -0.829. The quantitative estimate of drug-likeness (QED) is 0.902. The Morgan fingerprint density at radius 2 is 1.54 bits per heavy atom. The van der Waals surface area contributed by atoms with Gasteiger partial charge < -0.3 is 5.11 Å². The van der Waals surface area contributed by atoms with Crippen molar-refractivity contribution in [1.29, 1.82) is 0 Å². The van der Waals surface area contributed by atoms with E-state index in [2.05, 4.69) is 29.2 Å². The molecule has 1 heterocycles. The first-order valence-corrected chi connectivity index (χ1v) is 9.97. The fourth-order valence-electron chi connectivity index (χ4n) is 3.20. The average Bonchev–Trinajstić information content (AvgIpc) is 2.83. The van der Waals surface area contributed by atoms with Crippen LogP contribution in [0.4, 0.5) is 0 Å². The van der Waals surface area contributed by atoms with Crippen LogP contribution < -0.4 is 0 Å². The van der Waals surface area contributed by atoms with Crippen molar-refractivity contribution in [3.63, 3.8) is 0 Å². The zero-order chi connectivity index (χ0) is 17.2. The molecule has 0 spiro atoms. The number of sulfone groups is 1. The first kappa shape index (κ1) is 17.1. The number of hydrogen-bond donors (Lipinski definition) is 1. The standard InChI is InChI=1S/C19H23NO3S/c1-15-7-9-17(10-8-15)12-20(11-16-5-3-2-4-6-16)18-13-24(22,23)14-19(18)21/h2-10,18-19,21H,11-14H2,1H3/t18-,19+/m1/s1. The van der Waals surface area contributed by atoms with E-state index in [-0.39, 0.29) is 17.5 Å². The molecule has 4 nitrogen and oxygen atoms in total. The van der Waals surface area contributed by atoms with Gasteiger partial charge in [-0.25, -0.2) is 8.42 Å². The summed E-state index contributed by atoms with van der Waals surface area (Å²) in [5.74, 6) is -0.121. The second-order valence-electron chi connectivity index (χ2n) is 6.59. The van der Waals surface area contributed by atoms with Gasteiger partial charge in [0.15, 0.2) is 9.84 Å². The van der Waals surface area contributed by atoms with E-state index in [0.29, 0.717) is 13.1 Å². The highest BCUT2D eigenvalue weighted by Crippen LogP contribution is 2.23. The molecule has 0 amide bonds. The van der Waals surface area contributed by atoms with Crippen LogP contribution in [-0.2, 0) is 22.9 Å². The van der Waals surface area contributed by atoms with E-state index in [4.69, 9.17) is 0 Å². The maximum absolute atomic E-state index is 11.9. The summed E-state index contributed by atoms with van der Waals surface area (Å²) in [6.45, 7) is 3.27. The summed E-state index contributed by atoms with van der Waals surface area (Å²) < 4.78 is 23.8. The van der Waals surface area contributed by atoms with Crippen molar-refractivity contribution in [3.8, 4) is 0 Å². The molecule has 2 atom stereocenters. The fraction of sp³-hybridized carbons (Fsp3) is 0.368. The Kier molecular flexibility index (Phi) is 5.04. The molecule has 0 aromatic heterocycles. The lowest BCUT2D eigenvalue weighted by molar-refractivity contribution is 0.0731. The molecule has 2 aromatic carbocycles. The number of aliphatic hydroxyl groups excluding tert-OH is 1. The predicted octanol–water partition coefficient (Wildman–Crippen LogP) is 2.16. The highest BCUT2D eigenvalue weighted by molar-refractivity contribution is 7.91. The molecule has 1 N–H and O–H groups in total. The zero-order valence-electron chi connectivity index (χ0n) is 13.8. The van der Waals surface area contributed by atoms with E-state index in [0.717, 1.165) is 11.1 Å². The Labute approximate surface area is 143 Å². The Morgan fingerprint density at radius 3 is 2.08 bits per heavy atom. The lowest BCUT2D eigenvalue weighted by Gasteiger charge is -2.30. The van der Waals surface area contributed by atoms with Gasteiger partial charge in [0.1, 0.15) is 0 Å². The Hall–Kier alpha value is -1.69. The van der Waals surface area contributed by atoms with E-state index in [1.807, 2.05) is 37.3 Å². The van der Waals surface area contributed by atoms with Crippen LogP contribution in [0.2, 0.25) is 0 Å². The van der Waals surface area contributed by atoms with Crippen LogP contribution in [0.25, 0.3) is 0 Å². The number of nitrogens with zero attached hydrogens (tertiary/aromatic N) is 1. The summed E-state index contributed by atoms with van der Waals surface area (Å²) in [4.78, 5) is 2.08. The number of benzene rings is 2. The van der Waals surface area contributed by atoms with E-state index in [1.54, 1.807) is 0 Å². The van der Waals surface area contributed by atoms with Gasteiger partial charge in [0.2, 0.25) is 0 Å². The van der Waals surface area contributed by atoms with Gasteiger partial charge in [0.25, 0.3) is 0 Å². The molecular weight excluding hydrogens is 322 g/mol. The number of aryl methyl sites for hydroxylation is 1. The second kappa shape index (κ2) is 7.05.